The second-order valence-electron chi connectivity index (χ2n) is 9.26. The first-order valence-corrected chi connectivity index (χ1v) is 11.0. The van der Waals surface area contributed by atoms with Gasteiger partial charge in [0.1, 0.15) is 11.4 Å². The average molecular weight is 428 g/mol. The number of ether oxygens (including phenoxy) is 1. The molecule has 7 heteroatoms. The highest BCUT2D eigenvalue weighted by atomic mass is 16.6. The van der Waals surface area contributed by atoms with Crippen molar-refractivity contribution in [2.24, 2.45) is 0 Å². The van der Waals surface area contributed by atoms with E-state index >= 15 is 0 Å². The van der Waals surface area contributed by atoms with Crippen LogP contribution in [0.25, 0.3) is 6.08 Å². The number of hydrogen-bond acceptors (Lipinski definition) is 5. The number of aromatic nitrogens is 1. The van der Waals surface area contributed by atoms with Crippen molar-refractivity contribution in [3.63, 3.8) is 0 Å². The van der Waals surface area contributed by atoms with Crippen LogP contribution in [-0.2, 0) is 9.53 Å². The zero-order chi connectivity index (χ0) is 22.4. The number of likely N-dealkylation sites (tertiary alicyclic amines) is 1. The molecule has 1 aliphatic heterocycles. The minimum atomic E-state index is -1.02. The summed E-state index contributed by atoms with van der Waals surface area (Å²) in [6.45, 7) is 8.23. The summed E-state index contributed by atoms with van der Waals surface area (Å²) in [4.78, 5) is 32.3. The van der Waals surface area contributed by atoms with Gasteiger partial charge in [-0.3, -0.25) is 9.80 Å². The topological polar surface area (TPSA) is 83.0 Å². The van der Waals surface area contributed by atoms with Crippen LogP contribution in [-0.4, -0.2) is 58.3 Å². The van der Waals surface area contributed by atoms with Crippen LogP contribution >= 0.6 is 0 Å². The van der Waals surface area contributed by atoms with Gasteiger partial charge in [-0.2, -0.15) is 0 Å². The fraction of sp³-hybridized carbons (Fsp3) is 0.542. The Labute approximate surface area is 184 Å². The highest BCUT2D eigenvalue weighted by molar-refractivity contribution is 5.88. The number of rotatable bonds is 6. The Morgan fingerprint density at radius 1 is 1.32 bits per heavy atom. The van der Waals surface area contributed by atoms with E-state index in [4.69, 9.17) is 9.84 Å². The molecule has 0 spiro atoms. The quantitative estimate of drug-likeness (QED) is 0.532. The Morgan fingerprint density at radius 3 is 2.74 bits per heavy atom. The number of hydrogen-bond donors (Lipinski definition) is 1. The summed E-state index contributed by atoms with van der Waals surface area (Å²) < 4.78 is 5.69. The minimum Gasteiger partial charge on any atom is -0.478 e. The number of anilines is 1. The molecule has 1 aromatic rings. The molecule has 0 unspecified atom stereocenters. The summed E-state index contributed by atoms with van der Waals surface area (Å²) in [7, 11) is 0. The zero-order valence-corrected chi connectivity index (χ0v) is 18.7. The lowest BCUT2D eigenvalue weighted by molar-refractivity contribution is -0.131. The van der Waals surface area contributed by atoms with Crippen LogP contribution in [0, 0.1) is 0 Å². The standard InChI is InChI=1S/C24H33N3O4/c1-24(2,3)31-23(30)27(21-11-9-18(15-25-21)10-12-22(28)29)20-13-14-26(17-20)16-19-7-5-4-6-8-19/h7,9-12,15,20H,4-6,8,13-14,16-17H2,1-3H3,(H,28,29)/b12-10+/t20-/m1/s1. The summed E-state index contributed by atoms with van der Waals surface area (Å²) in [5, 5.41) is 8.80. The highest BCUT2D eigenvalue weighted by Crippen LogP contribution is 2.26. The second kappa shape index (κ2) is 10.1. The normalized spacial score (nSPS) is 20.0. The third-order valence-electron chi connectivity index (χ3n) is 5.45. The molecule has 1 amide bonds. The van der Waals surface area contributed by atoms with Crippen molar-refractivity contribution in [2.75, 3.05) is 24.5 Å². The molecule has 1 saturated heterocycles. The number of allylic oxidation sites excluding steroid dienone is 1. The molecule has 3 rings (SSSR count). The van der Waals surface area contributed by atoms with Crippen LogP contribution in [0.5, 0.6) is 0 Å². The van der Waals surface area contributed by atoms with Crippen LogP contribution in [0.4, 0.5) is 10.6 Å². The largest absolute Gasteiger partial charge is 0.478 e. The average Bonchev–Trinajstić information content (AvgIpc) is 3.14. The molecule has 0 radical (unpaired) electrons. The van der Waals surface area contributed by atoms with Crippen LogP contribution in [0.1, 0.15) is 58.4 Å². The number of carbonyl (C=O) groups is 2. The van der Waals surface area contributed by atoms with E-state index in [0.29, 0.717) is 11.4 Å². The maximum atomic E-state index is 13.1. The molecule has 7 nitrogen and oxygen atoms in total. The summed E-state index contributed by atoms with van der Waals surface area (Å²) in [6.07, 6.45) is 11.8. The third kappa shape index (κ3) is 6.92. The molecule has 1 atom stereocenters. The molecule has 1 N–H and O–H groups in total. The fourth-order valence-electron chi connectivity index (χ4n) is 4.05. The van der Waals surface area contributed by atoms with Gasteiger partial charge in [0, 0.05) is 31.9 Å². The van der Waals surface area contributed by atoms with Crippen LogP contribution in [0.2, 0.25) is 0 Å². The van der Waals surface area contributed by atoms with E-state index in [1.807, 2.05) is 20.8 Å². The Hall–Kier alpha value is -2.67. The van der Waals surface area contributed by atoms with Gasteiger partial charge in [-0.25, -0.2) is 14.6 Å². The number of carboxylic acid groups (broad SMARTS) is 1. The van der Waals surface area contributed by atoms with Gasteiger partial charge in [0.15, 0.2) is 0 Å². The maximum absolute atomic E-state index is 13.1. The van der Waals surface area contributed by atoms with Gasteiger partial charge >= 0.3 is 12.1 Å². The molecule has 168 valence electrons. The van der Waals surface area contributed by atoms with Crippen molar-refractivity contribution in [2.45, 2.75) is 64.5 Å². The van der Waals surface area contributed by atoms with E-state index in [1.165, 1.54) is 37.3 Å². The van der Waals surface area contributed by atoms with Gasteiger partial charge < -0.3 is 9.84 Å². The van der Waals surface area contributed by atoms with Crippen molar-refractivity contribution in [1.29, 1.82) is 0 Å². The zero-order valence-electron chi connectivity index (χ0n) is 18.7. The van der Waals surface area contributed by atoms with E-state index in [9.17, 15) is 9.59 Å². The predicted molar refractivity (Wildman–Crippen MR) is 121 cm³/mol. The summed E-state index contributed by atoms with van der Waals surface area (Å²) in [5.74, 6) is -0.496. The number of amides is 1. The van der Waals surface area contributed by atoms with Gasteiger partial charge in [0.05, 0.1) is 6.04 Å². The summed E-state index contributed by atoms with van der Waals surface area (Å²) in [6, 6.07) is 3.49. The van der Waals surface area contributed by atoms with Crippen LogP contribution in [0.3, 0.4) is 0 Å². The second-order valence-corrected chi connectivity index (χ2v) is 9.26. The van der Waals surface area contributed by atoms with Gasteiger partial charge in [-0.05, 0) is 76.6 Å². The van der Waals surface area contributed by atoms with Crippen molar-refractivity contribution in [1.82, 2.24) is 9.88 Å². The van der Waals surface area contributed by atoms with E-state index in [2.05, 4.69) is 16.0 Å². The SMILES string of the molecule is CC(C)(C)OC(=O)N(c1ccc(/C=C/C(=O)O)cn1)[C@@H]1CCN(CC2=CCCCC2)C1. The van der Waals surface area contributed by atoms with Crippen LogP contribution in [0.15, 0.2) is 36.1 Å². The molecular weight excluding hydrogens is 394 g/mol. The molecule has 31 heavy (non-hydrogen) atoms. The molecular formula is C24H33N3O4. The van der Waals surface area contributed by atoms with Crippen LogP contribution < -0.4 is 4.90 Å². The smallest absolute Gasteiger partial charge is 0.416 e. The van der Waals surface area contributed by atoms with Crippen molar-refractivity contribution in [3.8, 4) is 0 Å². The lowest BCUT2D eigenvalue weighted by Crippen LogP contribution is -2.45. The first-order chi connectivity index (χ1) is 14.7. The number of aliphatic carboxylic acids is 1. The van der Waals surface area contributed by atoms with Gasteiger partial charge in [0.2, 0.25) is 0 Å². The van der Waals surface area contributed by atoms with E-state index < -0.39 is 17.7 Å². The lowest BCUT2D eigenvalue weighted by Gasteiger charge is -2.31. The Balaban J connectivity index is 1.76. The highest BCUT2D eigenvalue weighted by Gasteiger charge is 2.35. The molecule has 0 saturated carbocycles. The molecule has 0 bridgehead atoms. The van der Waals surface area contributed by atoms with E-state index in [-0.39, 0.29) is 6.04 Å². The van der Waals surface area contributed by atoms with E-state index in [1.54, 1.807) is 23.2 Å². The lowest BCUT2D eigenvalue weighted by atomic mass is 9.99. The fourth-order valence-corrected chi connectivity index (χ4v) is 4.05. The Kier molecular flexibility index (Phi) is 7.49. The van der Waals surface area contributed by atoms with E-state index in [0.717, 1.165) is 32.1 Å². The molecule has 2 heterocycles. The molecule has 0 aromatic carbocycles. The first-order valence-electron chi connectivity index (χ1n) is 11.0. The minimum absolute atomic E-state index is 0.0213. The van der Waals surface area contributed by atoms with Gasteiger partial charge in [0.25, 0.3) is 0 Å². The number of pyridine rings is 1. The first kappa shape index (κ1) is 23.0. The van der Waals surface area contributed by atoms with Crippen molar-refractivity contribution in [3.05, 3.63) is 41.6 Å². The number of carboxylic acids is 1. The van der Waals surface area contributed by atoms with Gasteiger partial charge in [-0.15, -0.1) is 0 Å². The third-order valence-corrected chi connectivity index (χ3v) is 5.45. The predicted octanol–water partition coefficient (Wildman–Crippen LogP) is 4.50. The molecule has 1 aromatic heterocycles. The molecule has 1 fully saturated rings. The van der Waals surface area contributed by atoms with Crippen molar-refractivity contribution >= 4 is 24.0 Å². The molecule has 1 aliphatic carbocycles. The Bertz CT molecular complexity index is 839. The van der Waals surface area contributed by atoms with Crippen molar-refractivity contribution < 1.29 is 19.4 Å². The summed E-state index contributed by atoms with van der Waals surface area (Å²) in [5.41, 5.74) is 1.56. The maximum Gasteiger partial charge on any atom is 0.416 e. The van der Waals surface area contributed by atoms with Gasteiger partial charge in [-0.1, -0.05) is 11.6 Å². The Morgan fingerprint density at radius 2 is 2.13 bits per heavy atom. The molecule has 2 aliphatic rings. The number of nitrogens with zero attached hydrogens (tertiary/aromatic N) is 3. The monoisotopic (exact) mass is 427 g/mol. The summed E-state index contributed by atoms with van der Waals surface area (Å²) >= 11 is 0. The number of carbonyl (C=O) groups excluding carboxylic acids is 1.